The Balaban J connectivity index is 1.93. The second-order valence-electron chi connectivity index (χ2n) is 4.99. The highest BCUT2D eigenvalue weighted by Gasteiger charge is 2.06. The van der Waals surface area contributed by atoms with Crippen molar-refractivity contribution in [3.63, 3.8) is 0 Å². The minimum atomic E-state index is -0.262. The summed E-state index contributed by atoms with van der Waals surface area (Å²) >= 11 is 0. The number of rotatable bonds is 6. The van der Waals surface area contributed by atoms with Crippen molar-refractivity contribution >= 4 is 11.7 Å². The van der Waals surface area contributed by atoms with Crippen LogP contribution in [0.2, 0.25) is 0 Å². The van der Waals surface area contributed by atoms with E-state index in [2.05, 4.69) is 24.4 Å². The van der Waals surface area contributed by atoms with Gasteiger partial charge in [0.25, 0.3) is 0 Å². The third kappa shape index (κ3) is 4.35. The highest BCUT2D eigenvalue weighted by Crippen LogP contribution is 2.14. The third-order valence-electron chi connectivity index (χ3n) is 3.30. The molecule has 0 radical (unpaired) electrons. The fraction of sp³-hybridized carbons (Fsp3) is 0.278. The number of hydrogen-bond donors (Lipinski definition) is 1. The van der Waals surface area contributed by atoms with Crippen molar-refractivity contribution in [1.29, 1.82) is 0 Å². The lowest BCUT2D eigenvalue weighted by molar-refractivity contribution is 0.0505. The summed E-state index contributed by atoms with van der Waals surface area (Å²) < 4.78 is 5.10. The Labute approximate surface area is 126 Å². The molecule has 2 aromatic carbocycles. The number of benzene rings is 2. The van der Waals surface area contributed by atoms with Crippen molar-refractivity contribution in [1.82, 2.24) is 0 Å². The molecule has 2 rings (SSSR count). The monoisotopic (exact) mass is 283 g/mol. The van der Waals surface area contributed by atoms with Gasteiger partial charge in [0, 0.05) is 12.2 Å². The molecule has 3 heteroatoms. The maximum Gasteiger partial charge on any atom is 0.338 e. The number of ether oxygens (including phenoxy) is 1. The number of esters is 1. The van der Waals surface area contributed by atoms with Crippen molar-refractivity contribution in [2.24, 2.45) is 0 Å². The second kappa shape index (κ2) is 7.48. The molecule has 0 aromatic heterocycles. The van der Waals surface area contributed by atoms with Crippen LogP contribution in [0.1, 0.15) is 34.8 Å². The Morgan fingerprint density at radius 2 is 1.81 bits per heavy atom. The smallest absolute Gasteiger partial charge is 0.338 e. The van der Waals surface area contributed by atoms with Crippen LogP contribution in [0.3, 0.4) is 0 Å². The van der Waals surface area contributed by atoms with Gasteiger partial charge in [0.05, 0.1) is 12.2 Å². The van der Waals surface area contributed by atoms with Crippen LogP contribution in [-0.4, -0.2) is 12.6 Å². The van der Waals surface area contributed by atoms with E-state index in [4.69, 9.17) is 4.74 Å². The van der Waals surface area contributed by atoms with E-state index in [1.807, 2.05) is 31.2 Å². The van der Waals surface area contributed by atoms with Gasteiger partial charge in [0.2, 0.25) is 0 Å². The van der Waals surface area contributed by atoms with Crippen LogP contribution < -0.4 is 5.32 Å². The highest BCUT2D eigenvalue weighted by atomic mass is 16.5. The second-order valence-corrected chi connectivity index (χ2v) is 4.99. The molecule has 0 fully saturated rings. The zero-order chi connectivity index (χ0) is 15.1. The lowest BCUT2D eigenvalue weighted by Crippen LogP contribution is -2.06. The Morgan fingerprint density at radius 1 is 1.10 bits per heavy atom. The summed E-state index contributed by atoms with van der Waals surface area (Å²) in [7, 11) is 0. The van der Waals surface area contributed by atoms with Crippen LogP contribution in [0.4, 0.5) is 5.69 Å². The van der Waals surface area contributed by atoms with Crippen LogP contribution in [0.15, 0.2) is 48.5 Å². The number of carbonyl (C=O) groups excluding carboxylic acids is 1. The summed E-state index contributed by atoms with van der Waals surface area (Å²) in [4.78, 5) is 11.7. The van der Waals surface area contributed by atoms with E-state index in [1.165, 1.54) is 11.1 Å². The SMILES string of the molecule is CCCOC(=O)c1ccc(NCc2ccccc2C)cc1. The molecule has 0 aliphatic carbocycles. The molecule has 0 amide bonds. The van der Waals surface area contributed by atoms with Crippen LogP contribution in [0, 0.1) is 6.92 Å². The molecule has 0 spiro atoms. The minimum Gasteiger partial charge on any atom is -0.462 e. The summed E-state index contributed by atoms with van der Waals surface area (Å²) in [6, 6.07) is 15.7. The zero-order valence-corrected chi connectivity index (χ0v) is 12.6. The van der Waals surface area contributed by atoms with Crippen molar-refractivity contribution in [3.05, 3.63) is 65.2 Å². The van der Waals surface area contributed by atoms with Crippen LogP contribution in [-0.2, 0) is 11.3 Å². The largest absolute Gasteiger partial charge is 0.462 e. The van der Waals surface area contributed by atoms with Gasteiger partial charge in [-0.15, -0.1) is 0 Å². The minimum absolute atomic E-state index is 0.262. The number of carbonyl (C=O) groups is 1. The Bertz CT molecular complexity index is 590. The number of aryl methyl sites for hydroxylation is 1. The molecule has 0 aliphatic rings. The lowest BCUT2D eigenvalue weighted by atomic mass is 10.1. The zero-order valence-electron chi connectivity index (χ0n) is 12.6. The van der Waals surface area contributed by atoms with Gasteiger partial charge in [-0.25, -0.2) is 4.79 Å². The first-order valence-electron chi connectivity index (χ1n) is 7.26. The number of hydrogen-bond acceptors (Lipinski definition) is 3. The summed E-state index contributed by atoms with van der Waals surface area (Å²) in [6.07, 6.45) is 0.835. The van der Waals surface area contributed by atoms with E-state index in [-0.39, 0.29) is 5.97 Å². The van der Waals surface area contributed by atoms with E-state index < -0.39 is 0 Å². The summed E-state index contributed by atoms with van der Waals surface area (Å²) in [5, 5.41) is 3.36. The van der Waals surface area contributed by atoms with E-state index in [0.29, 0.717) is 12.2 Å². The molecule has 110 valence electrons. The van der Waals surface area contributed by atoms with Gasteiger partial charge in [-0.1, -0.05) is 31.2 Å². The summed E-state index contributed by atoms with van der Waals surface area (Å²) in [5.74, 6) is -0.262. The maximum atomic E-state index is 11.7. The third-order valence-corrected chi connectivity index (χ3v) is 3.30. The van der Waals surface area contributed by atoms with Gasteiger partial charge in [-0.05, 0) is 48.7 Å². The molecule has 0 aliphatic heterocycles. The van der Waals surface area contributed by atoms with Crippen molar-refractivity contribution in [2.45, 2.75) is 26.8 Å². The Kier molecular flexibility index (Phi) is 5.38. The van der Waals surface area contributed by atoms with Crippen molar-refractivity contribution in [3.8, 4) is 0 Å². The molecule has 0 saturated carbocycles. The number of anilines is 1. The average Bonchev–Trinajstić information content (AvgIpc) is 2.52. The molecule has 0 heterocycles. The van der Waals surface area contributed by atoms with E-state index >= 15 is 0 Å². The molecule has 2 aromatic rings. The molecule has 0 bridgehead atoms. The Morgan fingerprint density at radius 3 is 2.48 bits per heavy atom. The fourth-order valence-electron chi connectivity index (χ4n) is 2.01. The summed E-state index contributed by atoms with van der Waals surface area (Å²) in [6.45, 7) is 5.31. The predicted octanol–water partition coefficient (Wildman–Crippen LogP) is 4.17. The fourth-order valence-corrected chi connectivity index (χ4v) is 2.01. The normalized spacial score (nSPS) is 10.2. The molecule has 1 N–H and O–H groups in total. The van der Waals surface area contributed by atoms with Crippen LogP contribution >= 0.6 is 0 Å². The van der Waals surface area contributed by atoms with Crippen molar-refractivity contribution in [2.75, 3.05) is 11.9 Å². The van der Waals surface area contributed by atoms with E-state index in [9.17, 15) is 4.79 Å². The molecule has 21 heavy (non-hydrogen) atoms. The van der Waals surface area contributed by atoms with Gasteiger partial charge in [-0.3, -0.25) is 0 Å². The first-order chi connectivity index (χ1) is 10.2. The average molecular weight is 283 g/mol. The van der Waals surface area contributed by atoms with Gasteiger partial charge < -0.3 is 10.1 Å². The summed E-state index contributed by atoms with van der Waals surface area (Å²) in [5.41, 5.74) is 4.11. The first-order valence-corrected chi connectivity index (χ1v) is 7.26. The molecule has 0 saturated heterocycles. The first kappa shape index (κ1) is 15.1. The molecule has 3 nitrogen and oxygen atoms in total. The predicted molar refractivity (Wildman–Crippen MR) is 85.5 cm³/mol. The van der Waals surface area contributed by atoms with Crippen LogP contribution in [0.25, 0.3) is 0 Å². The lowest BCUT2D eigenvalue weighted by Gasteiger charge is -2.09. The van der Waals surface area contributed by atoms with Crippen LogP contribution in [0.5, 0.6) is 0 Å². The van der Waals surface area contributed by atoms with Gasteiger partial charge >= 0.3 is 5.97 Å². The molecule has 0 unspecified atom stereocenters. The van der Waals surface area contributed by atoms with Crippen molar-refractivity contribution < 1.29 is 9.53 Å². The Hall–Kier alpha value is -2.29. The number of nitrogens with one attached hydrogen (secondary N) is 1. The van der Waals surface area contributed by atoms with Gasteiger partial charge in [0.1, 0.15) is 0 Å². The highest BCUT2D eigenvalue weighted by molar-refractivity contribution is 5.89. The van der Waals surface area contributed by atoms with Gasteiger partial charge in [-0.2, -0.15) is 0 Å². The van der Waals surface area contributed by atoms with E-state index in [1.54, 1.807) is 12.1 Å². The van der Waals surface area contributed by atoms with Gasteiger partial charge in [0.15, 0.2) is 0 Å². The molecular weight excluding hydrogens is 262 g/mol. The maximum absolute atomic E-state index is 11.7. The standard InChI is InChI=1S/C18H21NO2/c1-3-12-21-18(20)15-8-10-17(11-9-15)19-13-16-7-5-4-6-14(16)2/h4-11,19H,3,12-13H2,1-2H3. The molecular formula is C18H21NO2. The van der Waals surface area contributed by atoms with E-state index in [0.717, 1.165) is 18.7 Å². The topological polar surface area (TPSA) is 38.3 Å². The quantitative estimate of drug-likeness (QED) is 0.808. The molecule has 0 atom stereocenters.